The first-order chi connectivity index (χ1) is 35.0. The quantitative estimate of drug-likeness (QED) is 0.134. The van der Waals surface area contributed by atoms with E-state index in [0.717, 1.165) is 87.6 Å². The molecule has 2 aromatic heterocycles. The Hall–Kier alpha value is -4.93. The molecule has 21 heteroatoms. The molecule has 1 unspecified atom stereocenters. The molecule has 410 valence electrons. The zero-order valence-electron chi connectivity index (χ0n) is 43.3. The number of aromatic nitrogens is 1. The van der Waals surface area contributed by atoms with Crippen molar-refractivity contribution in [3.05, 3.63) is 87.6 Å². The minimum absolute atomic E-state index is 0. The topological polar surface area (TPSA) is 165 Å². The highest BCUT2D eigenvalue weighted by atomic mass is 32.1. The van der Waals surface area contributed by atoms with Crippen LogP contribution in [0.3, 0.4) is 0 Å². The summed E-state index contributed by atoms with van der Waals surface area (Å²) < 4.78 is 41.5. The summed E-state index contributed by atoms with van der Waals surface area (Å²) in [5, 5.41) is 6.51. The van der Waals surface area contributed by atoms with Crippen molar-refractivity contribution in [1.29, 1.82) is 0 Å². The molecule has 5 atom stereocenters. The van der Waals surface area contributed by atoms with Gasteiger partial charge in [0, 0.05) is 73.2 Å². The second-order valence-corrected chi connectivity index (χ2v) is 21.8. The molecule has 2 N–H and O–H groups in total. The van der Waals surface area contributed by atoms with Crippen LogP contribution in [-0.2, 0) is 30.2 Å². The van der Waals surface area contributed by atoms with Crippen molar-refractivity contribution in [2.24, 2.45) is 27.7 Å². The molecule has 4 fully saturated rings. The fourth-order valence-corrected chi connectivity index (χ4v) is 12.8. The first kappa shape index (κ1) is 58.7. The first-order valence-electron chi connectivity index (χ1n) is 25.6. The SMILES string of the molecule is COC(=O)N[C@H](C(=O)N1CCC[C@H]1C1=NC=C(c2cc(F)c3c(c2)OC(c2ccc(CC4CC4)s2)n2c-3cc3cc(C4=CN=C([C@@H]5CCCN5C(=O)[C@@H](NC(=O)OC)C5CCOCC5)C4)ccc32)C1)C(C)C.S.S.S.S. The number of thiophene rings is 1. The summed E-state index contributed by atoms with van der Waals surface area (Å²) in [6.45, 7) is 6.02. The van der Waals surface area contributed by atoms with Crippen molar-refractivity contribution in [1.82, 2.24) is 25.0 Å². The fraction of sp³-hybridized carbons (Fsp3) is 0.491. The number of hydrogen-bond donors (Lipinski definition) is 2. The van der Waals surface area contributed by atoms with Crippen LogP contribution in [0.1, 0.15) is 105 Å². The predicted molar refractivity (Wildman–Crippen MR) is 315 cm³/mol. The van der Waals surface area contributed by atoms with Crippen molar-refractivity contribution in [3.63, 3.8) is 0 Å². The molecule has 4 amide bonds. The van der Waals surface area contributed by atoms with Crippen molar-refractivity contribution >= 4 is 123 Å². The Bertz CT molecular complexity index is 2960. The number of halogens is 1. The van der Waals surface area contributed by atoms with Gasteiger partial charge in [-0.25, -0.2) is 14.0 Å². The van der Waals surface area contributed by atoms with Gasteiger partial charge < -0.3 is 39.4 Å². The monoisotopic (exact) mass is 1140 g/mol. The van der Waals surface area contributed by atoms with Gasteiger partial charge in [-0.05, 0) is 140 Å². The molecule has 0 radical (unpaired) electrons. The number of ether oxygens (including phenoxy) is 4. The maximum Gasteiger partial charge on any atom is 0.407 e. The lowest BCUT2D eigenvalue weighted by molar-refractivity contribution is -0.135. The Morgan fingerprint density at radius 2 is 1.39 bits per heavy atom. The Morgan fingerprint density at radius 3 is 2.03 bits per heavy atom. The molecule has 6 aliphatic heterocycles. The van der Waals surface area contributed by atoms with Crippen LogP contribution in [0.2, 0.25) is 0 Å². The van der Waals surface area contributed by atoms with Gasteiger partial charge in [0.15, 0.2) is 0 Å². The van der Waals surface area contributed by atoms with Crippen LogP contribution in [0.15, 0.2) is 70.9 Å². The number of benzene rings is 2. The van der Waals surface area contributed by atoms with Crippen LogP contribution in [0.5, 0.6) is 5.75 Å². The molecule has 8 heterocycles. The third-order valence-corrected chi connectivity index (χ3v) is 16.8. The van der Waals surface area contributed by atoms with Crippen molar-refractivity contribution in [3.8, 4) is 17.0 Å². The summed E-state index contributed by atoms with van der Waals surface area (Å²) in [6.07, 6.45) is 11.0. The normalized spacial score (nSPS) is 21.5. The van der Waals surface area contributed by atoms with E-state index >= 15 is 4.39 Å². The molecule has 0 bridgehead atoms. The number of hydrogen-bond acceptors (Lipinski definition) is 11. The van der Waals surface area contributed by atoms with Gasteiger partial charge in [0.2, 0.25) is 18.0 Å². The number of nitrogens with zero attached hydrogens (tertiary/aromatic N) is 5. The number of methoxy groups -OCH3 is 2. The van der Waals surface area contributed by atoms with Gasteiger partial charge in [0.1, 0.15) is 23.7 Å². The van der Waals surface area contributed by atoms with E-state index in [9.17, 15) is 19.2 Å². The molecule has 15 nitrogen and oxygen atoms in total. The van der Waals surface area contributed by atoms with E-state index in [2.05, 4.69) is 51.6 Å². The number of fused-ring (bicyclic) bond motifs is 5. The molecule has 76 heavy (non-hydrogen) atoms. The van der Waals surface area contributed by atoms with Crippen LogP contribution in [-0.4, -0.2) is 114 Å². The summed E-state index contributed by atoms with van der Waals surface area (Å²) in [5.74, 6) is 0.298. The lowest BCUT2D eigenvalue weighted by Gasteiger charge is -2.34. The summed E-state index contributed by atoms with van der Waals surface area (Å²) in [5.41, 5.74) is 7.34. The van der Waals surface area contributed by atoms with Crippen molar-refractivity contribution < 1.29 is 42.5 Å². The number of amides is 4. The number of rotatable bonds is 13. The number of likely N-dealkylation sites (tertiary alicyclic amines) is 2. The van der Waals surface area contributed by atoms with Gasteiger partial charge >= 0.3 is 12.2 Å². The van der Waals surface area contributed by atoms with Crippen LogP contribution >= 0.6 is 65.3 Å². The highest BCUT2D eigenvalue weighted by Crippen LogP contribution is 2.49. The number of carbonyl (C=O) groups excluding carboxylic acids is 4. The van der Waals surface area contributed by atoms with Crippen LogP contribution in [0.4, 0.5) is 14.0 Å². The summed E-state index contributed by atoms with van der Waals surface area (Å²) in [6, 6.07) is 14.4. The molecule has 1 aliphatic carbocycles. The first-order valence-corrected chi connectivity index (χ1v) is 26.4. The Kier molecular flexibility index (Phi) is 19.2. The average Bonchev–Trinajstić information content (AvgIpc) is 4.13. The molecular formula is C55H70FN7O8S5. The van der Waals surface area contributed by atoms with Crippen LogP contribution in [0.25, 0.3) is 33.3 Å². The minimum Gasteiger partial charge on any atom is -0.464 e. The largest absolute Gasteiger partial charge is 0.464 e. The molecule has 1 saturated carbocycles. The van der Waals surface area contributed by atoms with Crippen molar-refractivity contribution in [2.45, 2.75) is 115 Å². The predicted octanol–water partition coefficient (Wildman–Crippen LogP) is 9.74. The Balaban J connectivity index is 0.00000210. The van der Waals surface area contributed by atoms with Crippen molar-refractivity contribution in [2.75, 3.05) is 40.5 Å². The lowest BCUT2D eigenvalue weighted by Crippen LogP contribution is -2.55. The van der Waals surface area contributed by atoms with E-state index in [1.165, 1.54) is 31.9 Å². The molecule has 4 aromatic rings. The number of allylic oxidation sites excluding steroid dienone is 2. The average molecular weight is 1140 g/mol. The maximum atomic E-state index is 17.0. The molecular weight excluding hydrogens is 1070 g/mol. The Labute approximate surface area is 475 Å². The van der Waals surface area contributed by atoms with E-state index in [4.69, 9.17) is 28.9 Å². The second kappa shape index (κ2) is 24.8. The number of nitrogens with one attached hydrogen (secondary N) is 2. The van der Waals surface area contributed by atoms with Gasteiger partial charge in [-0.2, -0.15) is 54.0 Å². The number of alkyl carbamates (subject to hydrolysis) is 2. The smallest absolute Gasteiger partial charge is 0.407 e. The van der Waals surface area contributed by atoms with Gasteiger partial charge in [0.05, 0.1) is 48.0 Å². The minimum atomic E-state index is -0.739. The van der Waals surface area contributed by atoms with E-state index < -0.39 is 36.3 Å². The molecule has 11 rings (SSSR count). The van der Waals surface area contributed by atoms with Gasteiger partial charge in [0.25, 0.3) is 0 Å². The van der Waals surface area contributed by atoms with E-state index in [1.807, 2.05) is 35.9 Å². The molecule has 2 aromatic carbocycles. The summed E-state index contributed by atoms with van der Waals surface area (Å²) in [4.78, 5) is 68.6. The molecule has 0 spiro atoms. The zero-order valence-corrected chi connectivity index (χ0v) is 48.1. The fourth-order valence-electron chi connectivity index (χ4n) is 11.7. The molecule has 7 aliphatic rings. The van der Waals surface area contributed by atoms with Gasteiger partial charge in [-0.15, -0.1) is 11.3 Å². The molecule has 3 saturated heterocycles. The Morgan fingerprint density at radius 1 is 0.763 bits per heavy atom. The number of aliphatic imine (C=N–C) groups is 2. The van der Waals surface area contributed by atoms with Crippen LogP contribution < -0.4 is 15.4 Å². The lowest BCUT2D eigenvalue weighted by atomic mass is 9.90. The maximum absolute atomic E-state index is 17.0. The second-order valence-electron chi connectivity index (χ2n) is 20.6. The third-order valence-electron chi connectivity index (χ3n) is 15.7. The highest BCUT2D eigenvalue weighted by Gasteiger charge is 2.42. The van der Waals surface area contributed by atoms with Crippen LogP contribution in [0, 0.1) is 23.6 Å². The standard InChI is InChI=1S/C55H62FN7O8S.4H2S/c1-30(2)49(59-54(66)68-3)51(64)61-17-5-7-43(61)41-25-37(29-58-41)34-23-39(56)48-45-26-35-22-33(11-13-42(35)63(45)53(71-46(48)27-34)47-14-12-38(72-47)21-31-9-10-31)36-24-40(57-28-36)44-8-6-18-62(44)52(65)50(60-55(67)69-4)32-15-19-70-20-16-32;;;;/h11-14,22-23,26-32,43-44,49-50,53H,5-10,15-21,24-25H2,1-4H3,(H,59,66)(H,60,67);4*1H2/t43-,44-,49-,50-,53?;;;;/m0..../s1. The zero-order chi connectivity index (χ0) is 49.8. The highest BCUT2D eigenvalue weighted by molar-refractivity contribution is 7.59. The summed E-state index contributed by atoms with van der Waals surface area (Å²) in [7, 11) is 2.60. The van der Waals surface area contributed by atoms with E-state index in [1.54, 1.807) is 23.6 Å². The van der Waals surface area contributed by atoms with E-state index in [0.29, 0.717) is 68.9 Å². The number of carbonyl (C=O) groups is 4. The van der Waals surface area contributed by atoms with Gasteiger partial charge in [-0.1, -0.05) is 19.9 Å². The third kappa shape index (κ3) is 11.6. The van der Waals surface area contributed by atoms with Gasteiger partial charge in [-0.3, -0.25) is 24.1 Å². The summed E-state index contributed by atoms with van der Waals surface area (Å²) >= 11 is 1.75. The van der Waals surface area contributed by atoms with E-state index in [-0.39, 0.29) is 89.7 Å².